The van der Waals surface area contributed by atoms with Crippen molar-refractivity contribution >= 4 is 17.5 Å². The Hall–Kier alpha value is -3.57. The molecule has 5 heteroatoms. The third-order valence-electron chi connectivity index (χ3n) is 6.61. The summed E-state index contributed by atoms with van der Waals surface area (Å²) in [5.74, 6) is -1.23. The van der Waals surface area contributed by atoms with Crippen molar-refractivity contribution < 1.29 is 14.4 Å². The van der Waals surface area contributed by atoms with Gasteiger partial charge in [0.25, 0.3) is 0 Å². The van der Waals surface area contributed by atoms with Gasteiger partial charge in [-0.25, -0.2) is 0 Å². The maximum atomic E-state index is 13.8. The first kappa shape index (κ1) is 23.6. The molecule has 1 fully saturated rings. The molecule has 1 aliphatic rings. The molecule has 0 radical (unpaired) electrons. The van der Waals surface area contributed by atoms with Gasteiger partial charge < -0.3 is 4.90 Å². The highest BCUT2D eigenvalue weighted by Gasteiger charge is 2.45. The van der Waals surface area contributed by atoms with Gasteiger partial charge in [-0.1, -0.05) is 91.0 Å². The van der Waals surface area contributed by atoms with E-state index < -0.39 is 11.8 Å². The van der Waals surface area contributed by atoms with Crippen LogP contribution in [0.1, 0.15) is 32.2 Å². The summed E-state index contributed by atoms with van der Waals surface area (Å²) in [5, 5.41) is 0. The van der Waals surface area contributed by atoms with Crippen LogP contribution in [0.3, 0.4) is 0 Å². The Labute approximate surface area is 201 Å². The molecule has 4 rings (SSSR count). The SMILES string of the molecule is CN(C)C(=O)CN1C[C@H](C(=O)c2ccccc2)C(c2ccccc2)[C@@H](C(=O)c2ccccc2)C1. The molecule has 1 amide bonds. The van der Waals surface area contributed by atoms with Crippen LogP contribution in [-0.2, 0) is 4.79 Å². The monoisotopic (exact) mass is 454 g/mol. The van der Waals surface area contributed by atoms with Crippen molar-refractivity contribution in [3.05, 3.63) is 108 Å². The molecule has 0 unspecified atom stereocenters. The van der Waals surface area contributed by atoms with E-state index in [1.54, 1.807) is 19.0 Å². The fourth-order valence-electron chi connectivity index (χ4n) is 4.87. The Kier molecular flexibility index (Phi) is 7.33. The van der Waals surface area contributed by atoms with Crippen molar-refractivity contribution in [1.82, 2.24) is 9.80 Å². The second kappa shape index (κ2) is 10.6. The molecule has 3 aromatic rings. The first-order chi connectivity index (χ1) is 16.5. The highest BCUT2D eigenvalue weighted by molar-refractivity contribution is 6.02. The number of likely N-dealkylation sites (N-methyl/N-ethyl adjacent to an activating group) is 1. The second-order valence-corrected chi connectivity index (χ2v) is 9.09. The molecule has 1 heterocycles. The van der Waals surface area contributed by atoms with Crippen LogP contribution in [0, 0.1) is 11.8 Å². The molecule has 0 N–H and O–H groups in total. The lowest BCUT2D eigenvalue weighted by Gasteiger charge is -2.43. The highest BCUT2D eigenvalue weighted by atomic mass is 16.2. The van der Waals surface area contributed by atoms with Gasteiger partial charge in [0.05, 0.1) is 6.54 Å². The van der Waals surface area contributed by atoms with E-state index in [0.717, 1.165) is 5.56 Å². The molecule has 0 saturated carbocycles. The Bertz CT molecular complexity index is 1070. The largest absolute Gasteiger partial charge is 0.348 e. The fraction of sp³-hybridized carbons (Fsp3) is 0.276. The molecule has 5 nitrogen and oxygen atoms in total. The predicted octanol–water partition coefficient (Wildman–Crippen LogP) is 4.17. The zero-order chi connectivity index (χ0) is 24.1. The molecule has 0 bridgehead atoms. The number of piperidine rings is 1. The summed E-state index contributed by atoms with van der Waals surface area (Å²) in [4.78, 5) is 43.7. The lowest BCUT2D eigenvalue weighted by atomic mass is 9.68. The Balaban J connectivity index is 1.78. The van der Waals surface area contributed by atoms with Crippen LogP contribution < -0.4 is 0 Å². The van der Waals surface area contributed by atoms with E-state index in [1.807, 2.05) is 95.9 Å². The standard InChI is InChI=1S/C29H30N2O3/c1-30(2)26(32)20-31-18-24(28(33)22-14-8-4-9-15-22)27(21-12-6-3-7-13-21)25(19-31)29(34)23-16-10-5-11-17-23/h3-17,24-25,27H,18-20H2,1-2H3/t24-,25-/m0/s1. The Morgan fingerprint density at radius 3 is 1.53 bits per heavy atom. The molecular formula is C29H30N2O3. The Morgan fingerprint density at radius 2 is 1.12 bits per heavy atom. The quantitative estimate of drug-likeness (QED) is 0.503. The lowest BCUT2D eigenvalue weighted by molar-refractivity contribution is -0.130. The summed E-state index contributed by atoms with van der Waals surface area (Å²) in [7, 11) is 3.44. The van der Waals surface area contributed by atoms with Gasteiger partial charge in [-0.2, -0.15) is 0 Å². The average Bonchev–Trinajstić information content (AvgIpc) is 2.88. The highest BCUT2D eigenvalue weighted by Crippen LogP contribution is 2.40. The number of hydrogen-bond acceptors (Lipinski definition) is 4. The maximum absolute atomic E-state index is 13.8. The first-order valence-corrected chi connectivity index (χ1v) is 11.6. The molecule has 174 valence electrons. The van der Waals surface area contributed by atoms with Gasteiger partial charge in [0, 0.05) is 56.1 Å². The second-order valence-electron chi connectivity index (χ2n) is 9.09. The van der Waals surface area contributed by atoms with Crippen molar-refractivity contribution in [2.24, 2.45) is 11.8 Å². The molecule has 2 atom stereocenters. The van der Waals surface area contributed by atoms with Crippen molar-refractivity contribution in [3.63, 3.8) is 0 Å². The number of carbonyl (C=O) groups is 3. The molecule has 34 heavy (non-hydrogen) atoms. The van der Waals surface area contributed by atoms with Crippen molar-refractivity contribution in [3.8, 4) is 0 Å². The summed E-state index contributed by atoms with van der Waals surface area (Å²) in [6, 6.07) is 28.3. The minimum atomic E-state index is -0.453. The van der Waals surface area contributed by atoms with E-state index in [2.05, 4.69) is 0 Å². The van der Waals surface area contributed by atoms with Gasteiger partial charge >= 0.3 is 0 Å². The topological polar surface area (TPSA) is 57.7 Å². The van der Waals surface area contributed by atoms with Crippen molar-refractivity contribution in [2.45, 2.75) is 5.92 Å². The number of hydrogen-bond donors (Lipinski definition) is 0. The average molecular weight is 455 g/mol. The molecular weight excluding hydrogens is 424 g/mol. The number of carbonyl (C=O) groups excluding carboxylic acids is 3. The fourth-order valence-corrected chi connectivity index (χ4v) is 4.87. The molecule has 0 aliphatic carbocycles. The number of amides is 1. The third-order valence-corrected chi connectivity index (χ3v) is 6.61. The van der Waals surface area contributed by atoms with Crippen LogP contribution in [0.4, 0.5) is 0 Å². The Morgan fingerprint density at radius 1 is 0.706 bits per heavy atom. The van der Waals surface area contributed by atoms with Crippen LogP contribution in [0.25, 0.3) is 0 Å². The van der Waals surface area contributed by atoms with E-state index in [9.17, 15) is 14.4 Å². The molecule has 1 aliphatic heterocycles. The predicted molar refractivity (Wildman–Crippen MR) is 133 cm³/mol. The zero-order valence-corrected chi connectivity index (χ0v) is 19.6. The molecule has 0 spiro atoms. The van der Waals surface area contributed by atoms with Crippen molar-refractivity contribution in [2.75, 3.05) is 33.7 Å². The minimum Gasteiger partial charge on any atom is -0.348 e. The van der Waals surface area contributed by atoms with E-state index in [1.165, 1.54) is 0 Å². The van der Waals surface area contributed by atoms with Crippen LogP contribution in [-0.4, -0.2) is 61.0 Å². The van der Waals surface area contributed by atoms with Crippen LogP contribution in [0.2, 0.25) is 0 Å². The summed E-state index contributed by atoms with van der Waals surface area (Å²) >= 11 is 0. The van der Waals surface area contributed by atoms with Crippen LogP contribution in [0.15, 0.2) is 91.0 Å². The summed E-state index contributed by atoms with van der Waals surface area (Å²) in [5.41, 5.74) is 2.23. The third kappa shape index (κ3) is 5.15. The van der Waals surface area contributed by atoms with E-state index >= 15 is 0 Å². The smallest absolute Gasteiger partial charge is 0.236 e. The minimum absolute atomic E-state index is 0.00215. The number of nitrogens with zero attached hydrogens (tertiary/aromatic N) is 2. The van der Waals surface area contributed by atoms with Gasteiger partial charge in [-0.05, 0) is 5.56 Å². The van der Waals surface area contributed by atoms with Gasteiger partial charge in [-0.3, -0.25) is 19.3 Å². The number of rotatable bonds is 7. The van der Waals surface area contributed by atoms with Gasteiger partial charge in [0.15, 0.2) is 11.6 Å². The van der Waals surface area contributed by atoms with E-state index in [4.69, 9.17) is 0 Å². The number of likely N-dealkylation sites (tertiary alicyclic amines) is 1. The molecule has 1 saturated heterocycles. The van der Waals surface area contributed by atoms with Gasteiger partial charge in [0.2, 0.25) is 5.91 Å². The van der Waals surface area contributed by atoms with E-state index in [-0.39, 0.29) is 29.9 Å². The molecule has 0 aromatic heterocycles. The zero-order valence-electron chi connectivity index (χ0n) is 19.6. The number of Topliss-reactive ketones (excluding diaryl/α,β-unsaturated/α-hetero) is 2. The lowest BCUT2D eigenvalue weighted by Crippen LogP contribution is -2.52. The van der Waals surface area contributed by atoms with Crippen LogP contribution >= 0.6 is 0 Å². The number of benzene rings is 3. The summed E-state index contributed by atoms with van der Waals surface area (Å²) < 4.78 is 0. The van der Waals surface area contributed by atoms with Crippen LogP contribution in [0.5, 0.6) is 0 Å². The molecule has 3 aromatic carbocycles. The first-order valence-electron chi connectivity index (χ1n) is 11.6. The van der Waals surface area contributed by atoms with Crippen molar-refractivity contribution in [1.29, 1.82) is 0 Å². The van der Waals surface area contributed by atoms with Gasteiger partial charge in [0.1, 0.15) is 0 Å². The maximum Gasteiger partial charge on any atom is 0.236 e. The van der Waals surface area contributed by atoms with Gasteiger partial charge in [-0.15, -0.1) is 0 Å². The normalized spacial score (nSPS) is 18.9. The summed E-state index contributed by atoms with van der Waals surface area (Å²) in [6.45, 7) is 1.02. The van der Waals surface area contributed by atoms with E-state index in [0.29, 0.717) is 24.2 Å². The summed E-state index contributed by atoms with van der Waals surface area (Å²) in [6.07, 6.45) is 0. The number of ketones is 2.